The summed E-state index contributed by atoms with van der Waals surface area (Å²) in [5.74, 6) is 0.372. The molecule has 5 nitrogen and oxygen atoms in total. The van der Waals surface area contributed by atoms with Crippen molar-refractivity contribution in [2.45, 2.75) is 33.3 Å². The SMILES string of the molecule is Cc1cc(OCC(=O)OC(C)(C)C)cc2c1C(=O)/C(=C/c1cccc(Cl)c1)O2. The van der Waals surface area contributed by atoms with E-state index in [-0.39, 0.29) is 18.1 Å². The second kappa shape index (κ2) is 7.68. The highest BCUT2D eigenvalue weighted by atomic mass is 35.5. The molecule has 2 aromatic rings. The Balaban J connectivity index is 1.78. The van der Waals surface area contributed by atoms with E-state index in [1.807, 2.05) is 6.07 Å². The van der Waals surface area contributed by atoms with Crippen LogP contribution in [0.2, 0.25) is 5.02 Å². The Kier molecular flexibility index (Phi) is 5.47. The average molecular weight is 401 g/mol. The van der Waals surface area contributed by atoms with E-state index >= 15 is 0 Å². The maximum atomic E-state index is 12.7. The zero-order chi connectivity index (χ0) is 20.5. The quantitative estimate of drug-likeness (QED) is 0.534. The Morgan fingerprint density at radius 3 is 2.64 bits per heavy atom. The van der Waals surface area contributed by atoms with Crippen LogP contribution in [0, 0.1) is 6.92 Å². The van der Waals surface area contributed by atoms with Gasteiger partial charge in [0.1, 0.15) is 17.1 Å². The van der Waals surface area contributed by atoms with Gasteiger partial charge < -0.3 is 14.2 Å². The molecule has 1 heterocycles. The number of ketones is 1. The van der Waals surface area contributed by atoms with Gasteiger partial charge in [-0.25, -0.2) is 4.79 Å². The number of hydrogen-bond acceptors (Lipinski definition) is 5. The van der Waals surface area contributed by atoms with Crippen molar-refractivity contribution in [2.75, 3.05) is 6.61 Å². The largest absolute Gasteiger partial charge is 0.482 e. The predicted molar refractivity (Wildman–Crippen MR) is 107 cm³/mol. The minimum atomic E-state index is -0.580. The summed E-state index contributed by atoms with van der Waals surface area (Å²) in [6.07, 6.45) is 1.65. The van der Waals surface area contributed by atoms with E-state index in [9.17, 15) is 9.59 Å². The molecular formula is C22H21ClO5. The molecule has 0 saturated heterocycles. The second-order valence-corrected chi connectivity index (χ2v) is 7.92. The molecule has 0 amide bonds. The number of carbonyl (C=O) groups excluding carboxylic acids is 2. The number of halogens is 1. The summed E-state index contributed by atoms with van der Waals surface area (Å²) >= 11 is 5.99. The van der Waals surface area contributed by atoms with Crippen molar-refractivity contribution < 1.29 is 23.8 Å². The molecule has 1 aliphatic heterocycles. The molecule has 28 heavy (non-hydrogen) atoms. The number of esters is 1. The summed E-state index contributed by atoms with van der Waals surface area (Å²) in [5.41, 5.74) is 1.38. The van der Waals surface area contributed by atoms with Crippen LogP contribution in [0.25, 0.3) is 6.08 Å². The highest BCUT2D eigenvalue weighted by Gasteiger charge is 2.30. The lowest BCUT2D eigenvalue weighted by molar-refractivity contribution is -0.157. The molecule has 0 fully saturated rings. The van der Waals surface area contributed by atoms with E-state index in [1.54, 1.807) is 64.1 Å². The number of rotatable bonds is 4. The van der Waals surface area contributed by atoms with Crippen molar-refractivity contribution in [1.82, 2.24) is 0 Å². The third-order valence-electron chi connectivity index (χ3n) is 3.87. The summed E-state index contributed by atoms with van der Waals surface area (Å²) in [4.78, 5) is 24.5. The number of benzene rings is 2. The fourth-order valence-corrected chi connectivity index (χ4v) is 3.02. The molecule has 2 aromatic carbocycles. The second-order valence-electron chi connectivity index (χ2n) is 7.48. The van der Waals surface area contributed by atoms with Crippen LogP contribution >= 0.6 is 11.6 Å². The summed E-state index contributed by atoms with van der Waals surface area (Å²) < 4.78 is 16.5. The monoisotopic (exact) mass is 400 g/mol. The Bertz CT molecular complexity index is 969. The van der Waals surface area contributed by atoms with Crippen molar-refractivity contribution in [3.8, 4) is 11.5 Å². The summed E-state index contributed by atoms with van der Waals surface area (Å²) in [6, 6.07) is 10.4. The van der Waals surface area contributed by atoms with E-state index in [0.29, 0.717) is 27.6 Å². The number of aryl methyl sites for hydroxylation is 1. The first-order chi connectivity index (χ1) is 13.1. The van der Waals surface area contributed by atoms with Gasteiger partial charge in [-0.3, -0.25) is 4.79 Å². The lowest BCUT2D eigenvalue weighted by atomic mass is 10.0. The maximum Gasteiger partial charge on any atom is 0.344 e. The first-order valence-corrected chi connectivity index (χ1v) is 9.19. The van der Waals surface area contributed by atoms with Crippen LogP contribution < -0.4 is 9.47 Å². The molecule has 0 aliphatic carbocycles. The Morgan fingerprint density at radius 1 is 1.21 bits per heavy atom. The molecule has 6 heteroatoms. The number of ether oxygens (including phenoxy) is 3. The van der Waals surface area contributed by atoms with Gasteiger partial charge in [-0.05, 0) is 63.1 Å². The van der Waals surface area contributed by atoms with Gasteiger partial charge in [-0.2, -0.15) is 0 Å². The number of hydrogen-bond donors (Lipinski definition) is 0. The number of Topliss-reactive ketones (excluding diaryl/α,β-unsaturated/α-hetero) is 1. The fourth-order valence-electron chi connectivity index (χ4n) is 2.82. The molecule has 0 atom stereocenters. The van der Waals surface area contributed by atoms with E-state index in [2.05, 4.69) is 0 Å². The van der Waals surface area contributed by atoms with Gasteiger partial charge in [0.2, 0.25) is 5.78 Å². The van der Waals surface area contributed by atoms with E-state index in [4.69, 9.17) is 25.8 Å². The van der Waals surface area contributed by atoms with Gasteiger partial charge in [0.15, 0.2) is 12.4 Å². The van der Waals surface area contributed by atoms with Crippen molar-refractivity contribution in [1.29, 1.82) is 0 Å². The topological polar surface area (TPSA) is 61.8 Å². The number of carbonyl (C=O) groups is 2. The van der Waals surface area contributed by atoms with E-state index in [0.717, 1.165) is 5.56 Å². The smallest absolute Gasteiger partial charge is 0.344 e. The van der Waals surface area contributed by atoms with E-state index in [1.165, 1.54) is 0 Å². The van der Waals surface area contributed by atoms with Crippen molar-refractivity contribution >= 4 is 29.4 Å². The molecule has 0 radical (unpaired) electrons. The van der Waals surface area contributed by atoms with Gasteiger partial charge in [-0.1, -0.05) is 23.7 Å². The van der Waals surface area contributed by atoms with Crippen LogP contribution in [0.1, 0.15) is 42.3 Å². The summed E-state index contributed by atoms with van der Waals surface area (Å²) in [7, 11) is 0. The normalized spacial score (nSPS) is 14.6. The highest BCUT2D eigenvalue weighted by molar-refractivity contribution is 6.30. The average Bonchev–Trinajstić information content (AvgIpc) is 2.88. The molecular weight excluding hydrogens is 380 g/mol. The van der Waals surface area contributed by atoms with Crippen molar-refractivity contribution in [3.05, 3.63) is 63.9 Å². The third kappa shape index (κ3) is 4.73. The maximum absolute atomic E-state index is 12.7. The Labute approximate surface area is 168 Å². The number of allylic oxidation sites excluding steroid dienone is 1. The van der Waals surface area contributed by atoms with Crippen molar-refractivity contribution in [2.24, 2.45) is 0 Å². The minimum Gasteiger partial charge on any atom is -0.482 e. The first-order valence-electron chi connectivity index (χ1n) is 8.81. The summed E-state index contributed by atoms with van der Waals surface area (Å²) in [5, 5.41) is 0.575. The molecule has 0 aromatic heterocycles. The van der Waals surface area contributed by atoms with Crippen LogP contribution in [0.15, 0.2) is 42.2 Å². The lowest BCUT2D eigenvalue weighted by Crippen LogP contribution is -2.27. The molecule has 0 spiro atoms. The van der Waals surface area contributed by atoms with Crippen LogP contribution in [-0.2, 0) is 9.53 Å². The minimum absolute atomic E-state index is 0.203. The third-order valence-corrected chi connectivity index (χ3v) is 4.10. The Hall–Kier alpha value is -2.79. The van der Waals surface area contributed by atoms with E-state index < -0.39 is 11.6 Å². The molecule has 3 rings (SSSR count). The zero-order valence-electron chi connectivity index (χ0n) is 16.2. The molecule has 0 N–H and O–H groups in total. The van der Waals surface area contributed by atoms with Crippen molar-refractivity contribution in [3.63, 3.8) is 0 Å². The first kappa shape index (κ1) is 20.0. The summed E-state index contributed by atoms with van der Waals surface area (Å²) in [6.45, 7) is 6.93. The van der Waals surface area contributed by atoms with Crippen LogP contribution in [0.3, 0.4) is 0 Å². The standard InChI is InChI=1S/C22H21ClO5/c1-13-8-16(26-12-19(24)28-22(2,3)4)11-17-20(13)21(25)18(27-17)10-14-6-5-7-15(23)9-14/h5-11H,12H2,1-4H3/b18-10-. The number of fused-ring (bicyclic) bond motifs is 1. The van der Waals surface area contributed by atoms with Gasteiger partial charge in [-0.15, -0.1) is 0 Å². The lowest BCUT2D eigenvalue weighted by Gasteiger charge is -2.19. The van der Waals surface area contributed by atoms with Crippen LogP contribution in [0.5, 0.6) is 11.5 Å². The van der Waals surface area contributed by atoms with Crippen LogP contribution in [-0.4, -0.2) is 24.0 Å². The fraction of sp³-hybridized carbons (Fsp3) is 0.273. The molecule has 0 saturated carbocycles. The molecule has 0 bridgehead atoms. The zero-order valence-corrected chi connectivity index (χ0v) is 16.9. The highest BCUT2D eigenvalue weighted by Crippen LogP contribution is 2.37. The molecule has 0 unspecified atom stereocenters. The van der Waals surface area contributed by atoms with Gasteiger partial charge >= 0.3 is 5.97 Å². The van der Waals surface area contributed by atoms with Gasteiger partial charge in [0.25, 0.3) is 0 Å². The molecule has 146 valence electrons. The molecule has 1 aliphatic rings. The predicted octanol–water partition coefficient (Wildman–Crippen LogP) is 4.99. The Morgan fingerprint density at radius 2 is 1.96 bits per heavy atom. The van der Waals surface area contributed by atoms with Gasteiger partial charge in [0.05, 0.1) is 5.56 Å². The van der Waals surface area contributed by atoms with Gasteiger partial charge in [0, 0.05) is 11.1 Å². The van der Waals surface area contributed by atoms with Crippen LogP contribution in [0.4, 0.5) is 0 Å².